The third-order valence-electron chi connectivity index (χ3n) is 3.45. The Morgan fingerprint density at radius 3 is 2.61 bits per heavy atom. The van der Waals surface area contributed by atoms with Crippen LogP contribution in [0.4, 0.5) is 10.8 Å². The van der Waals surface area contributed by atoms with Gasteiger partial charge in [0.2, 0.25) is 0 Å². The minimum atomic E-state index is -0.114. The summed E-state index contributed by atoms with van der Waals surface area (Å²) in [5, 5.41) is 8.82. The van der Waals surface area contributed by atoms with E-state index < -0.39 is 0 Å². The van der Waals surface area contributed by atoms with Crippen molar-refractivity contribution in [1.29, 1.82) is 0 Å². The molecule has 0 unspecified atom stereocenters. The standard InChI is InChI=1S/C18H17N3OS/c1-12-6-8-13(9-7-12)17(22)20-15-5-3-4-14(10-15)16-11-23-18(19-2)21-16/h3-11H,1-2H3,(H,19,21)(H,20,22). The van der Waals surface area contributed by atoms with Gasteiger partial charge in [0, 0.05) is 29.2 Å². The van der Waals surface area contributed by atoms with E-state index in [0.29, 0.717) is 5.56 Å². The highest BCUT2D eigenvalue weighted by molar-refractivity contribution is 7.14. The Morgan fingerprint density at radius 2 is 1.91 bits per heavy atom. The summed E-state index contributed by atoms with van der Waals surface area (Å²) in [7, 11) is 1.85. The number of nitrogens with zero attached hydrogens (tertiary/aromatic N) is 1. The summed E-state index contributed by atoms with van der Waals surface area (Å²) in [5.74, 6) is -0.114. The van der Waals surface area contributed by atoms with Crippen molar-refractivity contribution in [2.24, 2.45) is 0 Å². The van der Waals surface area contributed by atoms with Crippen LogP contribution >= 0.6 is 11.3 Å². The fourth-order valence-corrected chi connectivity index (χ4v) is 2.87. The van der Waals surface area contributed by atoms with Gasteiger partial charge in [0.25, 0.3) is 5.91 Å². The van der Waals surface area contributed by atoms with Gasteiger partial charge in [0.1, 0.15) is 0 Å². The van der Waals surface area contributed by atoms with Gasteiger partial charge in [-0.25, -0.2) is 4.98 Å². The van der Waals surface area contributed by atoms with Crippen LogP contribution in [0, 0.1) is 6.92 Å². The maximum absolute atomic E-state index is 12.3. The van der Waals surface area contributed by atoms with Crippen molar-refractivity contribution >= 4 is 28.1 Å². The van der Waals surface area contributed by atoms with Gasteiger partial charge < -0.3 is 10.6 Å². The Hall–Kier alpha value is -2.66. The number of rotatable bonds is 4. The highest BCUT2D eigenvalue weighted by Crippen LogP contribution is 2.26. The predicted molar refractivity (Wildman–Crippen MR) is 96.2 cm³/mol. The number of carbonyl (C=O) groups excluding carboxylic acids is 1. The minimum Gasteiger partial charge on any atom is -0.365 e. The van der Waals surface area contributed by atoms with Crippen LogP contribution in [0.5, 0.6) is 0 Å². The quantitative estimate of drug-likeness (QED) is 0.747. The lowest BCUT2D eigenvalue weighted by molar-refractivity contribution is 0.102. The number of benzene rings is 2. The molecule has 2 aromatic carbocycles. The summed E-state index contributed by atoms with van der Waals surface area (Å²) >= 11 is 1.55. The molecule has 5 heteroatoms. The third-order valence-corrected chi connectivity index (χ3v) is 4.31. The van der Waals surface area contributed by atoms with Gasteiger partial charge in [0.05, 0.1) is 5.69 Å². The molecular formula is C18H17N3OS. The first-order chi connectivity index (χ1) is 11.2. The van der Waals surface area contributed by atoms with Crippen LogP contribution in [0.3, 0.4) is 0 Å². The van der Waals surface area contributed by atoms with Gasteiger partial charge in [-0.05, 0) is 31.2 Å². The molecule has 0 fully saturated rings. The van der Waals surface area contributed by atoms with Crippen molar-refractivity contribution in [3.8, 4) is 11.3 Å². The van der Waals surface area contributed by atoms with E-state index in [1.807, 2.05) is 67.9 Å². The first kappa shape index (κ1) is 15.2. The van der Waals surface area contributed by atoms with Crippen molar-refractivity contribution in [2.75, 3.05) is 17.7 Å². The molecule has 3 aromatic rings. The summed E-state index contributed by atoms with van der Waals surface area (Å²) < 4.78 is 0. The van der Waals surface area contributed by atoms with E-state index in [4.69, 9.17) is 0 Å². The second-order valence-corrected chi connectivity index (χ2v) is 6.05. The van der Waals surface area contributed by atoms with Gasteiger partial charge in [-0.2, -0.15) is 0 Å². The van der Waals surface area contributed by atoms with Crippen molar-refractivity contribution < 1.29 is 4.79 Å². The van der Waals surface area contributed by atoms with E-state index in [9.17, 15) is 4.79 Å². The van der Waals surface area contributed by atoms with Gasteiger partial charge in [0.15, 0.2) is 5.13 Å². The van der Waals surface area contributed by atoms with E-state index in [-0.39, 0.29) is 5.91 Å². The molecule has 23 heavy (non-hydrogen) atoms. The molecule has 0 saturated carbocycles. The number of hydrogen-bond donors (Lipinski definition) is 2. The number of nitrogens with one attached hydrogen (secondary N) is 2. The van der Waals surface area contributed by atoms with Crippen LogP contribution in [0.25, 0.3) is 11.3 Å². The van der Waals surface area contributed by atoms with Crippen LogP contribution in [-0.2, 0) is 0 Å². The molecule has 0 aliphatic rings. The van der Waals surface area contributed by atoms with E-state index in [1.165, 1.54) is 0 Å². The number of carbonyl (C=O) groups is 1. The number of hydrogen-bond acceptors (Lipinski definition) is 4. The molecule has 0 aliphatic heterocycles. The Bertz CT molecular complexity index is 824. The molecule has 1 aromatic heterocycles. The number of aromatic nitrogens is 1. The molecule has 3 rings (SSSR count). The fourth-order valence-electron chi connectivity index (χ4n) is 2.19. The predicted octanol–water partition coefficient (Wildman–Crippen LogP) is 4.41. The summed E-state index contributed by atoms with van der Waals surface area (Å²) in [4.78, 5) is 16.8. The Kier molecular flexibility index (Phi) is 4.39. The largest absolute Gasteiger partial charge is 0.365 e. The molecular weight excluding hydrogens is 306 g/mol. The molecule has 0 spiro atoms. The second kappa shape index (κ2) is 6.62. The number of anilines is 2. The van der Waals surface area contributed by atoms with Gasteiger partial charge in [-0.15, -0.1) is 11.3 Å². The van der Waals surface area contributed by atoms with Crippen LogP contribution in [0.1, 0.15) is 15.9 Å². The zero-order valence-corrected chi connectivity index (χ0v) is 13.8. The Labute approximate surface area is 139 Å². The third kappa shape index (κ3) is 3.57. The maximum Gasteiger partial charge on any atom is 0.255 e. The summed E-state index contributed by atoms with van der Waals surface area (Å²) in [6.07, 6.45) is 0. The van der Waals surface area contributed by atoms with Crippen LogP contribution in [0.2, 0.25) is 0 Å². The van der Waals surface area contributed by atoms with Gasteiger partial charge in [-0.3, -0.25) is 4.79 Å². The summed E-state index contributed by atoms with van der Waals surface area (Å²) in [6.45, 7) is 2.00. The Morgan fingerprint density at radius 1 is 1.13 bits per heavy atom. The summed E-state index contributed by atoms with van der Waals surface area (Å²) in [5.41, 5.74) is 4.40. The molecule has 0 aliphatic carbocycles. The van der Waals surface area contributed by atoms with Crippen molar-refractivity contribution in [3.63, 3.8) is 0 Å². The van der Waals surface area contributed by atoms with Crippen molar-refractivity contribution in [1.82, 2.24) is 4.98 Å². The molecule has 0 saturated heterocycles. The average Bonchev–Trinajstić information content (AvgIpc) is 3.05. The van der Waals surface area contributed by atoms with E-state index in [0.717, 1.165) is 27.6 Å². The Balaban J connectivity index is 1.79. The first-order valence-electron chi connectivity index (χ1n) is 7.27. The molecule has 0 bridgehead atoms. The smallest absolute Gasteiger partial charge is 0.255 e. The average molecular weight is 323 g/mol. The molecule has 116 valence electrons. The topological polar surface area (TPSA) is 54.0 Å². The van der Waals surface area contributed by atoms with Crippen LogP contribution in [0.15, 0.2) is 53.9 Å². The highest BCUT2D eigenvalue weighted by Gasteiger charge is 2.08. The first-order valence-corrected chi connectivity index (χ1v) is 8.15. The fraction of sp³-hybridized carbons (Fsp3) is 0.111. The van der Waals surface area contributed by atoms with Gasteiger partial charge in [-0.1, -0.05) is 29.8 Å². The maximum atomic E-state index is 12.3. The summed E-state index contributed by atoms with van der Waals surface area (Å²) in [6, 6.07) is 15.2. The molecule has 2 N–H and O–H groups in total. The monoisotopic (exact) mass is 323 g/mol. The molecule has 1 heterocycles. The molecule has 1 amide bonds. The molecule has 4 nitrogen and oxygen atoms in total. The lowest BCUT2D eigenvalue weighted by Crippen LogP contribution is -2.11. The minimum absolute atomic E-state index is 0.114. The van der Waals surface area contributed by atoms with Crippen LogP contribution in [-0.4, -0.2) is 17.9 Å². The normalized spacial score (nSPS) is 10.3. The van der Waals surface area contributed by atoms with Crippen molar-refractivity contribution in [2.45, 2.75) is 6.92 Å². The van der Waals surface area contributed by atoms with E-state index >= 15 is 0 Å². The van der Waals surface area contributed by atoms with E-state index in [1.54, 1.807) is 11.3 Å². The van der Waals surface area contributed by atoms with Crippen molar-refractivity contribution in [3.05, 3.63) is 65.0 Å². The van der Waals surface area contributed by atoms with Crippen LogP contribution < -0.4 is 10.6 Å². The molecule has 0 atom stereocenters. The zero-order valence-electron chi connectivity index (χ0n) is 13.0. The second-order valence-electron chi connectivity index (χ2n) is 5.19. The number of thiazole rings is 1. The number of amides is 1. The SMILES string of the molecule is CNc1nc(-c2cccc(NC(=O)c3ccc(C)cc3)c2)cs1. The molecule has 0 radical (unpaired) electrons. The van der Waals surface area contributed by atoms with E-state index in [2.05, 4.69) is 15.6 Å². The number of aryl methyl sites for hydroxylation is 1. The van der Waals surface area contributed by atoms with Gasteiger partial charge >= 0.3 is 0 Å². The lowest BCUT2D eigenvalue weighted by Gasteiger charge is -2.07. The highest BCUT2D eigenvalue weighted by atomic mass is 32.1. The zero-order chi connectivity index (χ0) is 16.2. The lowest BCUT2D eigenvalue weighted by atomic mass is 10.1.